The number of ketones is 1. The monoisotopic (exact) mass is 518 g/mol. The number of non-ortho nitro benzene ring substituents is 1. The number of likely N-dealkylation sites (tertiary alicyclic amines) is 1. The van der Waals surface area contributed by atoms with Crippen molar-refractivity contribution in [2.45, 2.75) is 18.0 Å². The number of aliphatic carboxylic acids is 1. The van der Waals surface area contributed by atoms with E-state index in [-0.39, 0.29) is 11.5 Å². The number of hydrogen-bond donors (Lipinski definition) is 1. The molecule has 1 heterocycles. The second-order valence-electron chi connectivity index (χ2n) is 8.87. The summed E-state index contributed by atoms with van der Waals surface area (Å²) in [5.41, 5.74) is 1.11. The van der Waals surface area contributed by atoms with E-state index in [4.69, 9.17) is 9.47 Å². The Morgan fingerprint density at radius 2 is 1.53 bits per heavy atom. The molecule has 0 radical (unpaired) electrons. The van der Waals surface area contributed by atoms with Crippen molar-refractivity contribution in [2.24, 2.45) is 5.92 Å². The molecule has 4 atom stereocenters. The molecule has 0 saturated carbocycles. The third kappa shape index (κ3) is 4.98. The lowest BCUT2D eigenvalue weighted by Crippen LogP contribution is -2.45. The fraction of sp³-hybridized carbons (Fsp3) is 0.250. The summed E-state index contributed by atoms with van der Waals surface area (Å²) in [5.74, 6) is -3.73. The van der Waals surface area contributed by atoms with Crippen LogP contribution in [-0.4, -0.2) is 59.5 Å². The lowest BCUT2D eigenvalue weighted by Gasteiger charge is -2.30. The summed E-state index contributed by atoms with van der Waals surface area (Å²) in [5, 5.41) is 21.7. The first kappa shape index (κ1) is 26.5. The smallest absolute Gasteiger partial charge is 0.327 e. The van der Waals surface area contributed by atoms with Crippen molar-refractivity contribution in [3.63, 3.8) is 0 Å². The van der Waals surface area contributed by atoms with Gasteiger partial charge in [-0.05, 0) is 23.3 Å². The highest BCUT2D eigenvalue weighted by Crippen LogP contribution is 2.51. The second kappa shape index (κ2) is 11.2. The third-order valence-corrected chi connectivity index (χ3v) is 6.78. The van der Waals surface area contributed by atoms with Gasteiger partial charge in [-0.1, -0.05) is 54.6 Å². The van der Waals surface area contributed by atoms with E-state index in [0.29, 0.717) is 22.4 Å². The van der Waals surface area contributed by atoms with Gasteiger partial charge in [0.25, 0.3) is 5.69 Å². The molecule has 0 bridgehead atoms. The number of carbonyl (C=O) groups excluding carboxylic acids is 2. The van der Waals surface area contributed by atoms with Crippen LogP contribution in [0.25, 0.3) is 0 Å². The normalized spacial score (nSPS) is 20.6. The summed E-state index contributed by atoms with van der Waals surface area (Å²) in [6, 6.07) is 18.2. The zero-order valence-corrected chi connectivity index (χ0v) is 20.7. The number of nitro benzene ring substituents is 1. The number of carboxylic acids is 1. The third-order valence-electron chi connectivity index (χ3n) is 6.78. The summed E-state index contributed by atoms with van der Waals surface area (Å²) in [6.07, 6.45) is 0. The molecule has 196 valence electrons. The molecular weight excluding hydrogens is 492 g/mol. The Hall–Kier alpha value is -4.57. The predicted octanol–water partition coefficient (Wildman–Crippen LogP) is 3.87. The number of rotatable bonds is 9. The molecular formula is C28H26N2O8. The number of benzene rings is 3. The molecule has 0 spiro atoms. The zero-order chi connectivity index (χ0) is 27.4. The molecule has 1 amide bonds. The van der Waals surface area contributed by atoms with Crippen molar-refractivity contribution in [1.29, 1.82) is 0 Å². The largest absolute Gasteiger partial charge is 0.497 e. The highest BCUT2D eigenvalue weighted by Gasteiger charge is 2.57. The van der Waals surface area contributed by atoms with Gasteiger partial charge in [-0.15, -0.1) is 0 Å². The molecule has 1 aliphatic rings. The van der Waals surface area contributed by atoms with Gasteiger partial charge >= 0.3 is 5.97 Å². The first-order valence-electron chi connectivity index (χ1n) is 11.8. The van der Waals surface area contributed by atoms with E-state index < -0.39 is 47.3 Å². The lowest BCUT2D eigenvalue weighted by molar-refractivity contribution is -0.384. The molecule has 1 saturated heterocycles. The zero-order valence-electron chi connectivity index (χ0n) is 20.7. The molecule has 10 nitrogen and oxygen atoms in total. The van der Waals surface area contributed by atoms with Crippen molar-refractivity contribution in [3.05, 3.63) is 106 Å². The van der Waals surface area contributed by atoms with Gasteiger partial charge in [0, 0.05) is 30.7 Å². The average molecular weight is 519 g/mol. The Morgan fingerprint density at radius 1 is 0.921 bits per heavy atom. The van der Waals surface area contributed by atoms with Crippen molar-refractivity contribution < 1.29 is 33.9 Å². The van der Waals surface area contributed by atoms with E-state index in [9.17, 15) is 29.6 Å². The first-order chi connectivity index (χ1) is 18.3. The van der Waals surface area contributed by atoms with Crippen LogP contribution in [0.3, 0.4) is 0 Å². The fourth-order valence-corrected chi connectivity index (χ4v) is 5.17. The maximum absolute atomic E-state index is 14.1. The predicted molar refractivity (Wildman–Crippen MR) is 136 cm³/mol. The molecule has 4 rings (SSSR count). The Kier molecular flexibility index (Phi) is 7.82. The lowest BCUT2D eigenvalue weighted by atomic mass is 9.76. The van der Waals surface area contributed by atoms with Gasteiger partial charge in [0.2, 0.25) is 5.91 Å². The number of Topliss-reactive ketones (excluding diaryl/α,β-unsaturated/α-hetero) is 1. The highest BCUT2D eigenvalue weighted by molar-refractivity contribution is 6.01. The van der Waals surface area contributed by atoms with Crippen LogP contribution in [0.5, 0.6) is 5.75 Å². The number of hydrogen-bond acceptors (Lipinski definition) is 7. The summed E-state index contributed by atoms with van der Waals surface area (Å²) in [4.78, 5) is 52.2. The quantitative estimate of drug-likeness (QED) is 0.256. The Bertz CT molecular complexity index is 1330. The van der Waals surface area contributed by atoms with Crippen LogP contribution in [0.1, 0.15) is 33.4 Å². The second-order valence-corrected chi connectivity index (χ2v) is 8.87. The van der Waals surface area contributed by atoms with E-state index in [0.717, 1.165) is 0 Å². The molecule has 1 aliphatic heterocycles. The van der Waals surface area contributed by atoms with Gasteiger partial charge in [-0.3, -0.25) is 19.7 Å². The molecule has 1 fully saturated rings. The summed E-state index contributed by atoms with van der Waals surface area (Å²) in [7, 11) is 2.83. The van der Waals surface area contributed by atoms with Crippen LogP contribution in [0.2, 0.25) is 0 Å². The van der Waals surface area contributed by atoms with Crippen molar-refractivity contribution >= 4 is 23.3 Å². The molecule has 3 aromatic carbocycles. The Morgan fingerprint density at radius 3 is 2.05 bits per heavy atom. The van der Waals surface area contributed by atoms with Gasteiger partial charge in [-0.2, -0.15) is 0 Å². The molecule has 0 aromatic heterocycles. The molecule has 38 heavy (non-hydrogen) atoms. The number of methoxy groups -OCH3 is 2. The average Bonchev–Trinajstić information content (AvgIpc) is 3.30. The van der Waals surface area contributed by atoms with E-state index in [2.05, 4.69) is 0 Å². The van der Waals surface area contributed by atoms with E-state index >= 15 is 0 Å². The first-order valence-corrected chi connectivity index (χ1v) is 11.8. The van der Waals surface area contributed by atoms with Crippen LogP contribution < -0.4 is 4.74 Å². The SMILES string of the molecule is COCC(=O)N1C(C(=O)O)C(c2ccc([N+](=O)[O-])cc2)C(C(=O)c2ccccc2)C1c1ccc(OC)cc1. The number of carbonyl (C=O) groups is 3. The Balaban J connectivity index is 1.97. The standard InChI is InChI=1S/C28H26N2O8/c1-37-16-22(31)29-25(18-10-14-21(38-2)15-11-18)24(27(32)19-6-4-3-5-7-19)23(26(29)28(33)34)17-8-12-20(13-9-17)30(35)36/h3-15,23-26H,16H2,1-2H3,(H,33,34). The van der Waals surface area contributed by atoms with Crippen LogP contribution in [0.15, 0.2) is 78.9 Å². The van der Waals surface area contributed by atoms with Gasteiger partial charge in [0.1, 0.15) is 18.4 Å². The minimum Gasteiger partial charge on any atom is -0.497 e. The number of nitrogens with zero attached hydrogens (tertiary/aromatic N) is 2. The van der Waals surface area contributed by atoms with Crippen LogP contribution in [-0.2, 0) is 14.3 Å². The minimum absolute atomic E-state index is 0.177. The molecule has 1 N–H and O–H groups in total. The van der Waals surface area contributed by atoms with Gasteiger partial charge in [0.05, 0.1) is 24.0 Å². The van der Waals surface area contributed by atoms with Crippen molar-refractivity contribution in [1.82, 2.24) is 4.90 Å². The van der Waals surface area contributed by atoms with E-state index in [1.54, 1.807) is 54.6 Å². The van der Waals surface area contributed by atoms with Crippen LogP contribution in [0, 0.1) is 16.0 Å². The summed E-state index contributed by atoms with van der Waals surface area (Å²) in [6.45, 7) is -0.393. The summed E-state index contributed by atoms with van der Waals surface area (Å²) < 4.78 is 10.3. The number of ether oxygens (including phenoxy) is 2. The maximum atomic E-state index is 14.1. The number of nitro groups is 1. The topological polar surface area (TPSA) is 136 Å². The molecule has 4 unspecified atom stereocenters. The number of amides is 1. The molecule has 3 aromatic rings. The van der Waals surface area contributed by atoms with Gasteiger partial charge in [0.15, 0.2) is 5.78 Å². The van der Waals surface area contributed by atoms with Gasteiger partial charge in [-0.25, -0.2) is 4.79 Å². The van der Waals surface area contributed by atoms with Crippen LogP contribution >= 0.6 is 0 Å². The van der Waals surface area contributed by atoms with E-state index in [1.807, 2.05) is 0 Å². The summed E-state index contributed by atoms with van der Waals surface area (Å²) >= 11 is 0. The van der Waals surface area contributed by atoms with Gasteiger partial charge < -0.3 is 19.5 Å². The van der Waals surface area contributed by atoms with E-state index in [1.165, 1.54) is 43.4 Å². The van der Waals surface area contributed by atoms with Crippen molar-refractivity contribution in [3.8, 4) is 5.75 Å². The molecule has 10 heteroatoms. The highest BCUT2D eigenvalue weighted by atomic mass is 16.6. The van der Waals surface area contributed by atoms with Crippen LogP contribution in [0.4, 0.5) is 5.69 Å². The fourth-order valence-electron chi connectivity index (χ4n) is 5.17. The number of carboxylic acid groups (broad SMARTS) is 1. The van der Waals surface area contributed by atoms with Crippen molar-refractivity contribution in [2.75, 3.05) is 20.8 Å². The minimum atomic E-state index is -1.44. The molecule has 0 aliphatic carbocycles. The maximum Gasteiger partial charge on any atom is 0.327 e. The Labute approximate surface area is 218 Å².